The summed E-state index contributed by atoms with van der Waals surface area (Å²) < 4.78 is 5.68. The Bertz CT molecular complexity index is 429. The molecule has 0 radical (unpaired) electrons. The number of aromatic hydroxyl groups is 1. The average molecular weight is 290 g/mol. The lowest BCUT2D eigenvalue weighted by Crippen LogP contribution is -2.44. The summed E-state index contributed by atoms with van der Waals surface area (Å²) in [4.78, 5) is 2.24. The average Bonchev–Trinajstić information content (AvgIpc) is 2.23. The van der Waals surface area contributed by atoms with Crippen molar-refractivity contribution < 1.29 is 9.84 Å². The SMILES string of the molecule is C[C@@H]1CN(Cc2cc(Cl)cc(Cl)c2O)C[C@H](C)O1. The van der Waals surface area contributed by atoms with Gasteiger partial charge in [0, 0.05) is 30.2 Å². The largest absolute Gasteiger partial charge is 0.506 e. The van der Waals surface area contributed by atoms with Gasteiger partial charge in [-0.2, -0.15) is 0 Å². The first kappa shape index (κ1) is 13.9. The molecular weight excluding hydrogens is 273 g/mol. The highest BCUT2D eigenvalue weighted by molar-refractivity contribution is 6.35. The van der Waals surface area contributed by atoms with Gasteiger partial charge in [-0.25, -0.2) is 0 Å². The zero-order chi connectivity index (χ0) is 13.3. The van der Waals surface area contributed by atoms with E-state index >= 15 is 0 Å². The van der Waals surface area contributed by atoms with Crippen LogP contribution < -0.4 is 0 Å². The van der Waals surface area contributed by atoms with Gasteiger partial charge in [-0.1, -0.05) is 23.2 Å². The van der Waals surface area contributed by atoms with Crippen LogP contribution in [0.15, 0.2) is 12.1 Å². The molecule has 1 aliphatic heterocycles. The van der Waals surface area contributed by atoms with Crippen LogP contribution in [0.1, 0.15) is 19.4 Å². The van der Waals surface area contributed by atoms with Gasteiger partial charge in [0.05, 0.1) is 17.2 Å². The summed E-state index contributed by atoms with van der Waals surface area (Å²) in [5, 5.41) is 10.8. The van der Waals surface area contributed by atoms with Gasteiger partial charge in [-0.3, -0.25) is 4.90 Å². The third-order valence-corrected chi connectivity index (χ3v) is 3.50. The molecule has 1 aromatic carbocycles. The standard InChI is InChI=1S/C13H17Cl2NO2/c1-8-5-16(6-9(2)18-8)7-10-3-11(14)4-12(15)13(10)17/h3-4,8-9,17H,5-7H2,1-2H3/t8-,9+. The number of halogens is 2. The van der Waals surface area contributed by atoms with Crippen molar-refractivity contribution in [3.8, 4) is 5.75 Å². The van der Waals surface area contributed by atoms with Crippen LogP contribution in [-0.2, 0) is 11.3 Å². The monoisotopic (exact) mass is 289 g/mol. The summed E-state index contributed by atoms with van der Waals surface area (Å²) >= 11 is 11.9. The van der Waals surface area contributed by atoms with Crippen molar-refractivity contribution in [1.82, 2.24) is 4.90 Å². The summed E-state index contributed by atoms with van der Waals surface area (Å²) in [6.07, 6.45) is 0.399. The summed E-state index contributed by atoms with van der Waals surface area (Å²) in [5.41, 5.74) is 0.758. The Hall–Kier alpha value is -0.480. The quantitative estimate of drug-likeness (QED) is 0.907. The molecule has 2 rings (SSSR count). The van der Waals surface area contributed by atoms with Crippen LogP contribution in [0.25, 0.3) is 0 Å². The molecule has 3 nitrogen and oxygen atoms in total. The molecule has 100 valence electrons. The molecule has 1 aliphatic rings. The van der Waals surface area contributed by atoms with Crippen LogP contribution >= 0.6 is 23.2 Å². The maximum absolute atomic E-state index is 9.94. The van der Waals surface area contributed by atoms with Gasteiger partial charge in [-0.15, -0.1) is 0 Å². The smallest absolute Gasteiger partial charge is 0.138 e. The Morgan fingerprint density at radius 1 is 1.28 bits per heavy atom. The number of nitrogens with zero attached hydrogens (tertiary/aromatic N) is 1. The summed E-state index contributed by atoms with van der Waals surface area (Å²) in [6, 6.07) is 3.31. The molecular formula is C13H17Cl2NO2. The van der Waals surface area contributed by atoms with Gasteiger partial charge in [0.25, 0.3) is 0 Å². The Labute approximate surface area is 117 Å². The van der Waals surface area contributed by atoms with Gasteiger partial charge < -0.3 is 9.84 Å². The Morgan fingerprint density at radius 2 is 1.89 bits per heavy atom. The number of hydrogen-bond acceptors (Lipinski definition) is 3. The molecule has 1 saturated heterocycles. The lowest BCUT2D eigenvalue weighted by molar-refractivity contribution is -0.0706. The van der Waals surface area contributed by atoms with E-state index in [2.05, 4.69) is 4.90 Å². The highest BCUT2D eigenvalue weighted by Crippen LogP contribution is 2.32. The maximum Gasteiger partial charge on any atom is 0.138 e. The van der Waals surface area contributed by atoms with E-state index in [0.717, 1.165) is 18.7 Å². The van der Waals surface area contributed by atoms with E-state index in [9.17, 15) is 5.11 Å². The number of rotatable bonds is 2. The zero-order valence-electron chi connectivity index (χ0n) is 10.5. The molecule has 0 unspecified atom stereocenters. The third kappa shape index (κ3) is 3.29. The lowest BCUT2D eigenvalue weighted by Gasteiger charge is -2.35. The van der Waals surface area contributed by atoms with Gasteiger partial charge in [0.15, 0.2) is 0 Å². The maximum atomic E-state index is 9.94. The number of ether oxygens (including phenoxy) is 1. The van der Waals surface area contributed by atoms with Gasteiger partial charge >= 0.3 is 0 Å². The summed E-state index contributed by atoms with van der Waals surface area (Å²) in [5.74, 6) is 0.118. The molecule has 0 saturated carbocycles. The molecule has 2 atom stereocenters. The molecule has 1 fully saturated rings. The fourth-order valence-corrected chi connectivity index (χ4v) is 2.93. The molecule has 0 amide bonds. The van der Waals surface area contributed by atoms with Crippen LogP contribution in [0.3, 0.4) is 0 Å². The predicted molar refractivity (Wildman–Crippen MR) is 73.4 cm³/mol. The molecule has 0 aromatic heterocycles. The third-order valence-electron chi connectivity index (χ3n) is 3.00. The van der Waals surface area contributed by atoms with E-state index in [4.69, 9.17) is 27.9 Å². The van der Waals surface area contributed by atoms with Crippen molar-refractivity contribution in [3.05, 3.63) is 27.7 Å². The van der Waals surface area contributed by atoms with Crippen molar-refractivity contribution in [2.24, 2.45) is 0 Å². The second-order valence-corrected chi connectivity index (χ2v) is 5.69. The fraction of sp³-hybridized carbons (Fsp3) is 0.538. The van der Waals surface area contributed by atoms with E-state index in [1.807, 2.05) is 13.8 Å². The topological polar surface area (TPSA) is 32.7 Å². The second kappa shape index (κ2) is 5.66. The minimum atomic E-state index is 0.118. The van der Waals surface area contributed by atoms with E-state index in [1.165, 1.54) is 0 Å². The van der Waals surface area contributed by atoms with Gasteiger partial charge in [0.2, 0.25) is 0 Å². The molecule has 0 aliphatic carbocycles. The Kier molecular flexibility index (Phi) is 4.38. The highest BCUT2D eigenvalue weighted by atomic mass is 35.5. The van der Waals surface area contributed by atoms with Crippen LogP contribution in [-0.4, -0.2) is 35.3 Å². The van der Waals surface area contributed by atoms with Crippen molar-refractivity contribution in [2.45, 2.75) is 32.6 Å². The minimum absolute atomic E-state index is 0.118. The van der Waals surface area contributed by atoms with E-state index in [1.54, 1.807) is 12.1 Å². The van der Waals surface area contributed by atoms with Crippen LogP contribution in [0.4, 0.5) is 0 Å². The van der Waals surface area contributed by atoms with Crippen LogP contribution in [0.2, 0.25) is 10.0 Å². The number of phenolic OH excluding ortho intramolecular Hbond substituents is 1. The van der Waals surface area contributed by atoms with Crippen molar-refractivity contribution in [3.63, 3.8) is 0 Å². The van der Waals surface area contributed by atoms with Gasteiger partial charge in [-0.05, 0) is 26.0 Å². The van der Waals surface area contributed by atoms with Gasteiger partial charge in [0.1, 0.15) is 5.75 Å². The van der Waals surface area contributed by atoms with E-state index in [-0.39, 0.29) is 18.0 Å². The normalized spacial score (nSPS) is 25.3. The Balaban J connectivity index is 2.14. The number of morpholine rings is 1. The number of phenols is 1. The van der Waals surface area contributed by atoms with Crippen LogP contribution in [0.5, 0.6) is 5.75 Å². The van der Waals surface area contributed by atoms with E-state index in [0.29, 0.717) is 16.6 Å². The Morgan fingerprint density at radius 3 is 2.50 bits per heavy atom. The lowest BCUT2D eigenvalue weighted by atomic mass is 10.1. The first-order valence-electron chi connectivity index (χ1n) is 6.00. The fourth-order valence-electron chi connectivity index (χ4n) is 2.39. The first-order chi connectivity index (χ1) is 8.45. The molecule has 1 N–H and O–H groups in total. The molecule has 1 aromatic rings. The van der Waals surface area contributed by atoms with Crippen LogP contribution in [0, 0.1) is 0 Å². The number of benzene rings is 1. The minimum Gasteiger partial charge on any atom is -0.506 e. The zero-order valence-corrected chi connectivity index (χ0v) is 12.0. The summed E-state index contributed by atoms with van der Waals surface area (Å²) in [6.45, 7) is 6.41. The molecule has 5 heteroatoms. The highest BCUT2D eigenvalue weighted by Gasteiger charge is 2.23. The summed E-state index contributed by atoms with van der Waals surface area (Å²) in [7, 11) is 0. The molecule has 0 bridgehead atoms. The van der Waals surface area contributed by atoms with E-state index < -0.39 is 0 Å². The second-order valence-electron chi connectivity index (χ2n) is 4.85. The first-order valence-corrected chi connectivity index (χ1v) is 6.76. The molecule has 0 spiro atoms. The molecule has 18 heavy (non-hydrogen) atoms. The molecule has 1 heterocycles. The predicted octanol–water partition coefficient (Wildman–Crippen LogP) is 3.31. The number of hydrogen-bond donors (Lipinski definition) is 1. The van der Waals surface area contributed by atoms with Crippen molar-refractivity contribution in [1.29, 1.82) is 0 Å². The van der Waals surface area contributed by atoms with Crippen molar-refractivity contribution >= 4 is 23.2 Å². The van der Waals surface area contributed by atoms with Crippen molar-refractivity contribution in [2.75, 3.05) is 13.1 Å².